The van der Waals surface area contributed by atoms with Crippen molar-refractivity contribution in [2.75, 3.05) is 19.8 Å². The molecule has 84 valence electrons. The summed E-state index contributed by atoms with van der Waals surface area (Å²) in [4.78, 5) is 4.19. The third kappa shape index (κ3) is 3.14. The van der Waals surface area contributed by atoms with E-state index in [1.807, 2.05) is 0 Å². The first kappa shape index (κ1) is 11.3. The van der Waals surface area contributed by atoms with Gasteiger partial charge in [-0.25, -0.2) is 4.98 Å². The van der Waals surface area contributed by atoms with Crippen LogP contribution in [0.4, 0.5) is 0 Å². The Kier molecular flexibility index (Phi) is 4.37. The number of aromatic nitrogens is 2. The van der Waals surface area contributed by atoms with Crippen molar-refractivity contribution in [3.63, 3.8) is 0 Å². The van der Waals surface area contributed by atoms with Crippen LogP contribution in [0.1, 0.15) is 13.3 Å². The van der Waals surface area contributed by atoms with E-state index in [9.17, 15) is 0 Å². The van der Waals surface area contributed by atoms with E-state index in [1.54, 1.807) is 18.1 Å². The molecular formula is C9H15N3OS2. The predicted molar refractivity (Wildman–Crippen MR) is 62.5 cm³/mol. The lowest BCUT2D eigenvalue weighted by Crippen LogP contribution is -2.44. The molecule has 1 aliphatic rings. The third-order valence-corrected chi connectivity index (χ3v) is 4.41. The van der Waals surface area contributed by atoms with Gasteiger partial charge >= 0.3 is 0 Å². The van der Waals surface area contributed by atoms with Crippen molar-refractivity contribution in [3.8, 4) is 0 Å². The van der Waals surface area contributed by atoms with Crippen molar-refractivity contribution in [2.24, 2.45) is 0 Å². The first-order chi connectivity index (χ1) is 7.40. The van der Waals surface area contributed by atoms with E-state index in [0.29, 0.717) is 11.3 Å². The van der Waals surface area contributed by atoms with Gasteiger partial charge in [0.25, 0.3) is 0 Å². The minimum Gasteiger partial charge on any atom is -0.380 e. The van der Waals surface area contributed by atoms with E-state index in [1.165, 1.54) is 11.5 Å². The predicted octanol–water partition coefficient (Wildman–Crippen LogP) is 1.40. The Morgan fingerprint density at radius 2 is 2.67 bits per heavy atom. The molecule has 1 saturated heterocycles. The third-order valence-electron chi connectivity index (χ3n) is 2.36. The van der Waals surface area contributed by atoms with Gasteiger partial charge in [-0.05, 0) is 24.5 Å². The van der Waals surface area contributed by atoms with E-state index in [0.717, 1.165) is 30.5 Å². The summed E-state index contributed by atoms with van der Waals surface area (Å²) in [5.74, 6) is 0. The Bertz CT molecular complexity index is 279. The zero-order chi connectivity index (χ0) is 10.5. The highest BCUT2D eigenvalue weighted by Crippen LogP contribution is 2.29. The average molecular weight is 245 g/mol. The summed E-state index contributed by atoms with van der Waals surface area (Å²) >= 11 is 3.23. The highest BCUT2D eigenvalue weighted by atomic mass is 32.2. The maximum atomic E-state index is 5.50. The number of nitrogens with one attached hydrogen (secondary N) is 1. The maximum Gasteiger partial charge on any atom is 0.170 e. The van der Waals surface area contributed by atoms with E-state index in [4.69, 9.17) is 4.74 Å². The van der Waals surface area contributed by atoms with Crippen molar-refractivity contribution in [2.45, 2.75) is 29.0 Å². The summed E-state index contributed by atoms with van der Waals surface area (Å²) in [6.07, 6.45) is 2.70. The van der Waals surface area contributed by atoms with E-state index in [2.05, 4.69) is 21.6 Å². The number of ether oxygens (including phenoxy) is 1. The standard InChI is InChI=1S/C9H15N3OS2/c1-2-10-7-3-4-13-5-8(7)14-9-11-6-12-15-9/h6-8,10H,2-5H2,1H3. The number of rotatable bonds is 4. The van der Waals surface area contributed by atoms with Gasteiger partial charge in [-0.15, -0.1) is 0 Å². The second kappa shape index (κ2) is 5.79. The van der Waals surface area contributed by atoms with E-state index < -0.39 is 0 Å². The smallest absolute Gasteiger partial charge is 0.170 e. The molecule has 0 bridgehead atoms. The van der Waals surface area contributed by atoms with Gasteiger partial charge in [0.2, 0.25) is 0 Å². The Hall–Kier alpha value is -0.170. The molecule has 6 heteroatoms. The zero-order valence-electron chi connectivity index (χ0n) is 8.68. The Balaban J connectivity index is 1.92. The molecule has 0 amide bonds. The summed E-state index contributed by atoms with van der Waals surface area (Å²) in [5.41, 5.74) is 0. The van der Waals surface area contributed by atoms with Crippen LogP contribution in [0.25, 0.3) is 0 Å². The molecule has 0 aliphatic carbocycles. The van der Waals surface area contributed by atoms with Crippen molar-refractivity contribution >= 4 is 23.3 Å². The number of thioether (sulfide) groups is 1. The molecule has 1 aliphatic heterocycles. The fourth-order valence-electron chi connectivity index (χ4n) is 1.67. The summed E-state index contributed by atoms with van der Waals surface area (Å²) in [6.45, 7) is 4.83. The van der Waals surface area contributed by atoms with Gasteiger partial charge in [-0.2, -0.15) is 4.37 Å². The second-order valence-electron chi connectivity index (χ2n) is 3.39. The van der Waals surface area contributed by atoms with Crippen molar-refractivity contribution in [1.29, 1.82) is 0 Å². The summed E-state index contributed by atoms with van der Waals surface area (Å²) in [6, 6.07) is 0.539. The van der Waals surface area contributed by atoms with Crippen molar-refractivity contribution < 1.29 is 4.74 Å². The van der Waals surface area contributed by atoms with Crippen LogP contribution in [0, 0.1) is 0 Å². The molecule has 2 heterocycles. The van der Waals surface area contributed by atoms with Gasteiger partial charge in [0.1, 0.15) is 6.33 Å². The second-order valence-corrected chi connectivity index (χ2v) is 5.66. The van der Waals surface area contributed by atoms with E-state index in [-0.39, 0.29) is 0 Å². The highest BCUT2D eigenvalue weighted by molar-refractivity contribution is 8.01. The number of hydrogen-bond donors (Lipinski definition) is 1. The molecule has 2 atom stereocenters. The summed E-state index contributed by atoms with van der Waals surface area (Å²) in [7, 11) is 0. The number of hydrogen-bond acceptors (Lipinski definition) is 6. The quantitative estimate of drug-likeness (QED) is 0.869. The molecule has 0 spiro atoms. The van der Waals surface area contributed by atoms with E-state index >= 15 is 0 Å². The number of nitrogens with zero attached hydrogens (tertiary/aromatic N) is 2. The molecule has 0 aromatic carbocycles. The minimum atomic E-state index is 0.464. The largest absolute Gasteiger partial charge is 0.380 e. The van der Waals surface area contributed by atoms with Gasteiger partial charge in [-0.1, -0.05) is 18.7 Å². The van der Waals surface area contributed by atoms with Crippen LogP contribution >= 0.6 is 23.3 Å². The van der Waals surface area contributed by atoms with Crippen LogP contribution < -0.4 is 5.32 Å². The fraction of sp³-hybridized carbons (Fsp3) is 0.778. The zero-order valence-corrected chi connectivity index (χ0v) is 10.3. The molecule has 0 radical (unpaired) electrons. The molecule has 4 nitrogen and oxygen atoms in total. The molecule has 15 heavy (non-hydrogen) atoms. The Labute approximate surface area is 98.0 Å². The first-order valence-electron chi connectivity index (χ1n) is 5.14. The van der Waals surface area contributed by atoms with Crippen LogP contribution in [0.3, 0.4) is 0 Å². The van der Waals surface area contributed by atoms with Crippen molar-refractivity contribution in [1.82, 2.24) is 14.7 Å². The van der Waals surface area contributed by atoms with Crippen LogP contribution in [0.2, 0.25) is 0 Å². The topological polar surface area (TPSA) is 47.0 Å². The average Bonchev–Trinajstić information content (AvgIpc) is 2.74. The highest BCUT2D eigenvalue weighted by Gasteiger charge is 2.26. The van der Waals surface area contributed by atoms with Gasteiger partial charge in [0, 0.05) is 12.6 Å². The molecular weight excluding hydrogens is 230 g/mol. The molecule has 1 fully saturated rings. The minimum absolute atomic E-state index is 0.464. The lowest BCUT2D eigenvalue weighted by atomic mass is 10.1. The normalized spacial score (nSPS) is 26.7. The Morgan fingerprint density at radius 3 is 3.40 bits per heavy atom. The maximum absolute atomic E-state index is 5.50. The molecule has 1 aromatic heterocycles. The van der Waals surface area contributed by atoms with Crippen LogP contribution in [0.15, 0.2) is 10.7 Å². The monoisotopic (exact) mass is 245 g/mol. The van der Waals surface area contributed by atoms with Gasteiger partial charge in [-0.3, -0.25) is 0 Å². The summed E-state index contributed by atoms with van der Waals surface area (Å²) in [5, 5.41) is 3.97. The van der Waals surface area contributed by atoms with Crippen LogP contribution in [-0.2, 0) is 4.74 Å². The molecule has 0 saturated carbocycles. The van der Waals surface area contributed by atoms with Crippen molar-refractivity contribution in [3.05, 3.63) is 6.33 Å². The SMILES string of the molecule is CCNC1CCOCC1Sc1ncns1. The lowest BCUT2D eigenvalue weighted by molar-refractivity contribution is 0.0837. The molecule has 2 unspecified atom stereocenters. The summed E-state index contributed by atoms with van der Waals surface area (Å²) < 4.78 is 10.5. The van der Waals surface area contributed by atoms with Gasteiger partial charge < -0.3 is 10.1 Å². The molecule has 2 rings (SSSR count). The van der Waals surface area contributed by atoms with Gasteiger partial charge in [0.15, 0.2) is 4.34 Å². The first-order valence-corrected chi connectivity index (χ1v) is 6.80. The lowest BCUT2D eigenvalue weighted by Gasteiger charge is -2.30. The Morgan fingerprint density at radius 1 is 1.73 bits per heavy atom. The molecule has 1 aromatic rings. The van der Waals surface area contributed by atoms with Gasteiger partial charge in [0.05, 0.1) is 11.9 Å². The molecule has 1 N–H and O–H groups in total. The van der Waals surface area contributed by atoms with Crippen LogP contribution in [-0.4, -0.2) is 40.4 Å². The fourth-order valence-corrected chi connectivity index (χ4v) is 3.55. The van der Waals surface area contributed by atoms with Crippen LogP contribution in [0.5, 0.6) is 0 Å².